The van der Waals surface area contributed by atoms with Gasteiger partial charge in [-0.05, 0) is 51.1 Å². The van der Waals surface area contributed by atoms with Crippen molar-refractivity contribution >= 4 is 29.9 Å². The first-order valence-electron chi connectivity index (χ1n) is 10.9. The SMILES string of the molecule is CCNC(=NCc1ccccc1OCC1CC1)NCCCCN1CCOCC1.I. The minimum absolute atomic E-state index is 0. The number of para-hydroxylation sites is 1. The molecule has 2 aliphatic rings. The standard InChI is InChI=1S/C22H36N4O2.HI/c1-2-23-22(24-11-5-6-12-26-13-15-27-16-14-26)25-17-20-7-3-4-8-21(20)28-18-19-9-10-19;/h3-4,7-8,19H,2,5-6,9-18H2,1H3,(H2,23,24,25);1H. The van der Waals surface area contributed by atoms with Gasteiger partial charge in [-0.2, -0.15) is 0 Å². The maximum Gasteiger partial charge on any atom is 0.191 e. The van der Waals surface area contributed by atoms with Crippen molar-refractivity contribution in [3.05, 3.63) is 29.8 Å². The van der Waals surface area contributed by atoms with Gasteiger partial charge in [0.05, 0.1) is 26.4 Å². The first-order chi connectivity index (χ1) is 13.8. The van der Waals surface area contributed by atoms with E-state index in [9.17, 15) is 0 Å². The Balaban J connectivity index is 0.00000300. The van der Waals surface area contributed by atoms with E-state index >= 15 is 0 Å². The zero-order chi connectivity index (χ0) is 19.4. The van der Waals surface area contributed by atoms with Gasteiger partial charge in [0.25, 0.3) is 0 Å². The first kappa shape index (κ1) is 24.2. The van der Waals surface area contributed by atoms with Gasteiger partial charge in [-0.1, -0.05) is 18.2 Å². The van der Waals surface area contributed by atoms with Crippen LogP contribution in [0, 0.1) is 5.92 Å². The van der Waals surface area contributed by atoms with Crippen molar-refractivity contribution in [3.63, 3.8) is 0 Å². The van der Waals surface area contributed by atoms with Crippen molar-refractivity contribution in [2.24, 2.45) is 10.9 Å². The molecule has 1 aromatic carbocycles. The van der Waals surface area contributed by atoms with Crippen molar-refractivity contribution in [2.45, 2.75) is 39.2 Å². The number of hydrogen-bond acceptors (Lipinski definition) is 4. The number of rotatable bonds is 11. The van der Waals surface area contributed by atoms with E-state index in [2.05, 4.69) is 40.7 Å². The van der Waals surface area contributed by atoms with Crippen LogP contribution in [0.5, 0.6) is 5.75 Å². The molecule has 1 saturated heterocycles. The van der Waals surface area contributed by atoms with Crippen molar-refractivity contribution < 1.29 is 9.47 Å². The van der Waals surface area contributed by atoms with Crippen molar-refractivity contribution in [1.82, 2.24) is 15.5 Å². The van der Waals surface area contributed by atoms with E-state index in [1.165, 1.54) is 19.3 Å². The summed E-state index contributed by atoms with van der Waals surface area (Å²) in [7, 11) is 0. The Morgan fingerprint density at radius 3 is 2.72 bits per heavy atom. The molecule has 164 valence electrons. The van der Waals surface area contributed by atoms with E-state index < -0.39 is 0 Å². The molecule has 1 aromatic rings. The highest BCUT2D eigenvalue weighted by atomic mass is 127. The van der Waals surface area contributed by atoms with Crippen LogP contribution in [0.15, 0.2) is 29.3 Å². The summed E-state index contributed by atoms with van der Waals surface area (Å²) in [5, 5.41) is 6.81. The van der Waals surface area contributed by atoms with Gasteiger partial charge in [-0.25, -0.2) is 4.99 Å². The number of aliphatic imine (C=N–C) groups is 1. The average molecular weight is 516 g/mol. The molecule has 0 radical (unpaired) electrons. The third-order valence-electron chi connectivity index (χ3n) is 5.19. The predicted octanol–water partition coefficient (Wildman–Crippen LogP) is 3.26. The van der Waals surface area contributed by atoms with E-state index in [1.807, 2.05) is 6.07 Å². The van der Waals surface area contributed by atoms with Gasteiger partial charge in [0, 0.05) is 31.7 Å². The number of ether oxygens (including phenoxy) is 2. The second kappa shape index (κ2) is 14.0. The Labute approximate surface area is 192 Å². The fraction of sp³-hybridized carbons (Fsp3) is 0.682. The van der Waals surface area contributed by atoms with Crippen LogP contribution in [0.4, 0.5) is 0 Å². The van der Waals surface area contributed by atoms with Crippen molar-refractivity contribution in [2.75, 3.05) is 52.5 Å². The Morgan fingerprint density at radius 1 is 1.17 bits per heavy atom. The molecular weight excluding hydrogens is 479 g/mol. The quantitative estimate of drug-likeness (QED) is 0.205. The van der Waals surface area contributed by atoms with E-state index in [1.54, 1.807) is 0 Å². The smallest absolute Gasteiger partial charge is 0.191 e. The predicted molar refractivity (Wildman–Crippen MR) is 129 cm³/mol. The number of nitrogens with zero attached hydrogens (tertiary/aromatic N) is 2. The van der Waals surface area contributed by atoms with Gasteiger partial charge in [0.15, 0.2) is 5.96 Å². The maximum absolute atomic E-state index is 6.00. The molecule has 0 aromatic heterocycles. The molecule has 2 N–H and O–H groups in total. The fourth-order valence-electron chi connectivity index (χ4n) is 3.27. The highest BCUT2D eigenvalue weighted by Gasteiger charge is 2.22. The lowest BCUT2D eigenvalue weighted by atomic mass is 10.2. The highest BCUT2D eigenvalue weighted by Crippen LogP contribution is 2.30. The van der Waals surface area contributed by atoms with Crippen LogP contribution in [-0.2, 0) is 11.3 Å². The van der Waals surface area contributed by atoms with Gasteiger partial charge >= 0.3 is 0 Å². The highest BCUT2D eigenvalue weighted by molar-refractivity contribution is 14.0. The minimum Gasteiger partial charge on any atom is -0.493 e. The lowest BCUT2D eigenvalue weighted by molar-refractivity contribution is 0.0372. The third-order valence-corrected chi connectivity index (χ3v) is 5.19. The zero-order valence-corrected chi connectivity index (χ0v) is 20.0. The average Bonchev–Trinajstić information content (AvgIpc) is 3.56. The summed E-state index contributed by atoms with van der Waals surface area (Å²) < 4.78 is 11.4. The zero-order valence-electron chi connectivity index (χ0n) is 17.7. The van der Waals surface area contributed by atoms with Crippen LogP contribution in [0.3, 0.4) is 0 Å². The summed E-state index contributed by atoms with van der Waals surface area (Å²) >= 11 is 0. The van der Waals surface area contributed by atoms with Crippen LogP contribution in [0.1, 0.15) is 38.2 Å². The molecule has 1 heterocycles. The fourth-order valence-corrected chi connectivity index (χ4v) is 3.27. The Morgan fingerprint density at radius 2 is 1.97 bits per heavy atom. The second-order valence-corrected chi connectivity index (χ2v) is 7.65. The van der Waals surface area contributed by atoms with Crippen LogP contribution in [0.2, 0.25) is 0 Å². The molecule has 0 amide bonds. The molecule has 0 spiro atoms. The summed E-state index contributed by atoms with van der Waals surface area (Å²) in [6.45, 7) is 10.4. The first-order valence-corrected chi connectivity index (χ1v) is 10.9. The number of morpholine rings is 1. The summed E-state index contributed by atoms with van der Waals surface area (Å²) in [5.74, 6) is 2.61. The largest absolute Gasteiger partial charge is 0.493 e. The lowest BCUT2D eigenvalue weighted by Gasteiger charge is -2.26. The molecule has 0 atom stereocenters. The monoisotopic (exact) mass is 516 g/mol. The van der Waals surface area contributed by atoms with Crippen LogP contribution >= 0.6 is 24.0 Å². The summed E-state index contributed by atoms with van der Waals surface area (Å²) in [4.78, 5) is 7.25. The van der Waals surface area contributed by atoms with Gasteiger partial charge < -0.3 is 20.1 Å². The Hall–Kier alpha value is -1.06. The normalized spacial score (nSPS) is 17.5. The summed E-state index contributed by atoms with van der Waals surface area (Å²) in [6.07, 6.45) is 4.95. The van der Waals surface area contributed by atoms with E-state index in [0.29, 0.717) is 6.54 Å². The molecule has 1 aliphatic heterocycles. The van der Waals surface area contributed by atoms with Gasteiger partial charge in [0.1, 0.15) is 5.75 Å². The van der Waals surface area contributed by atoms with Gasteiger partial charge in [0.2, 0.25) is 0 Å². The molecule has 1 saturated carbocycles. The van der Waals surface area contributed by atoms with Crippen LogP contribution < -0.4 is 15.4 Å². The minimum atomic E-state index is 0. The Bertz CT molecular complexity index is 604. The van der Waals surface area contributed by atoms with Gasteiger partial charge in [-0.15, -0.1) is 24.0 Å². The summed E-state index contributed by atoms with van der Waals surface area (Å²) in [6, 6.07) is 8.25. The second-order valence-electron chi connectivity index (χ2n) is 7.65. The van der Waals surface area contributed by atoms with E-state index in [4.69, 9.17) is 14.5 Å². The van der Waals surface area contributed by atoms with E-state index in [0.717, 1.165) is 82.2 Å². The number of benzene rings is 1. The van der Waals surface area contributed by atoms with Gasteiger partial charge in [-0.3, -0.25) is 4.90 Å². The third kappa shape index (κ3) is 9.53. The summed E-state index contributed by atoms with van der Waals surface area (Å²) in [5.41, 5.74) is 1.15. The lowest BCUT2D eigenvalue weighted by Crippen LogP contribution is -2.39. The van der Waals surface area contributed by atoms with Crippen molar-refractivity contribution in [3.8, 4) is 5.75 Å². The number of guanidine groups is 1. The molecule has 29 heavy (non-hydrogen) atoms. The number of halogens is 1. The Kier molecular flexibility index (Phi) is 11.7. The molecule has 1 aliphatic carbocycles. The van der Waals surface area contributed by atoms with Crippen LogP contribution in [-0.4, -0.2) is 63.4 Å². The molecule has 6 nitrogen and oxygen atoms in total. The molecule has 3 rings (SSSR count). The van der Waals surface area contributed by atoms with Crippen molar-refractivity contribution in [1.29, 1.82) is 0 Å². The number of hydrogen-bond donors (Lipinski definition) is 2. The van der Waals surface area contributed by atoms with Crippen LogP contribution in [0.25, 0.3) is 0 Å². The molecule has 2 fully saturated rings. The topological polar surface area (TPSA) is 58.1 Å². The number of nitrogens with one attached hydrogen (secondary N) is 2. The maximum atomic E-state index is 6.00. The number of unbranched alkanes of at least 4 members (excludes halogenated alkanes) is 1. The molecule has 7 heteroatoms. The molecule has 0 bridgehead atoms. The molecule has 0 unspecified atom stereocenters. The molecular formula is C22H37IN4O2. The van der Waals surface area contributed by atoms with E-state index in [-0.39, 0.29) is 24.0 Å².